The SMILES string of the molecule is COc1c2occc2c(S(=O)(=O)C(F)(F)F)c2c(=O)cc(OCCCc3ccccc3)oc12. The molecular formula is C22H17F3O7S. The molecule has 4 aromatic rings. The molecule has 2 aromatic heterocycles. The molecule has 0 amide bonds. The van der Waals surface area contributed by atoms with Gasteiger partial charge in [0.05, 0.1) is 31.4 Å². The van der Waals surface area contributed by atoms with Crippen LogP contribution in [0.25, 0.3) is 21.9 Å². The number of ether oxygens (including phenoxy) is 2. The Balaban J connectivity index is 1.80. The first-order valence-corrected chi connectivity index (χ1v) is 11.2. The van der Waals surface area contributed by atoms with Crippen LogP contribution in [0.4, 0.5) is 13.2 Å². The molecule has 0 N–H and O–H groups in total. The number of fused-ring (bicyclic) bond motifs is 2. The predicted octanol–water partition coefficient (Wildman–Crippen LogP) is 4.85. The minimum Gasteiger partial charge on any atom is -0.490 e. The molecule has 174 valence electrons. The minimum absolute atomic E-state index is 0.141. The Labute approximate surface area is 185 Å². The molecule has 0 aliphatic heterocycles. The molecule has 0 atom stereocenters. The summed E-state index contributed by atoms with van der Waals surface area (Å²) in [6.45, 7) is 0.141. The van der Waals surface area contributed by atoms with E-state index < -0.39 is 42.0 Å². The third-order valence-corrected chi connectivity index (χ3v) is 6.52. The molecule has 11 heteroatoms. The van der Waals surface area contributed by atoms with Crippen LogP contribution in [0.1, 0.15) is 12.0 Å². The van der Waals surface area contributed by atoms with Crippen molar-refractivity contribution < 1.29 is 39.9 Å². The van der Waals surface area contributed by atoms with Crippen LogP contribution in [0.5, 0.6) is 11.7 Å². The summed E-state index contributed by atoms with van der Waals surface area (Å²) in [5.74, 6) is -0.516. The van der Waals surface area contributed by atoms with Crippen LogP contribution in [-0.4, -0.2) is 27.6 Å². The highest BCUT2D eigenvalue weighted by molar-refractivity contribution is 7.92. The molecule has 0 saturated heterocycles. The summed E-state index contributed by atoms with van der Waals surface area (Å²) in [7, 11) is -4.75. The number of sulfone groups is 1. The Morgan fingerprint density at radius 2 is 1.79 bits per heavy atom. The standard InChI is InChI=1S/C22H17F3O7S/c1-29-20-18-14(9-11-31-18)21(33(27,28)22(23,24)25)17-15(26)12-16(32-19(17)20)30-10-5-8-13-6-3-2-4-7-13/h2-4,6-7,9,11-12H,5,8,10H2,1H3. The van der Waals surface area contributed by atoms with Crippen molar-refractivity contribution in [1.82, 2.24) is 0 Å². The van der Waals surface area contributed by atoms with Gasteiger partial charge in [-0.3, -0.25) is 4.79 Å². The quantitative estimate of drug-likeness (QED) is 0.347. The van der Waals surface area contributed by atoms with Crippen molar-refractivity contribution in [1.29, 1.82) is 0 Å². The fraction of sp³-hybridized carbons (Fsp3) is 0.227. The summed E-state index contributed by atoms with van der Waals surface area (Å²) < 4.78 is 86.3. The molecule has 0 unspecified atom stereocenters. The Bertz CT molecular complexity index is 1470. The van der Waals surface area contributed by atoms with E-state index in [2.05, 4.69) is 0 Å². The maximum Gasteiger partial charge on any atom is 0.501 e. The lowest BCUT2D eigenvalue weighted by Crippen LogP contribution is -2.25. The van der Waals surface area contributed by atoms with Crippen molar-refractivity contribution in [2.24, 2.45) is 0 Å². The van der Waals surface area contributed by atoms with Crippen LogP contribution in [0.3, 0.4) is 0 Å². The molecule has 7 nitrogen and oxygen atoms in total. The number of alkyl halides is 3. The van der Waals surface area contributed by atoms with E-state index >= 15 is 0 Å². The maximum atomic E-state index is 13.4. The van der Waals surface area contributed by atoms with E-state index in [0.717, 1.165) is 24.0 Å². The number of furan rings is 1. The molecule has 2 heterocycles. The lowest BCUT2D eigenvalue weighted by atomic mass is 10.1. The molecule has 0 aliphatic rings. The molecule has 0 aliphatic carbocycles. The second-order valence-corrected chi connectivity index (χ2v) is 8.92. The number of hydrogen-bond donors (Lipinski definition) is 0. The van der Waals surface area contributed by atoms with Gasteiger partial charge >= 0.3 is 5.51 Å². The fourth-order valence-electron chi connectivity index (χ4n) is 3.49. The molecule has 0 saturated carbocycles. The van der Waals surface area contributed by atoms with Crippen LogP contribution >= 0.6 is 0 Å². The third-order valence-electron chi connectivity index (χ3n) is 4.95. The number of halogens is 3. The summed E-state index contributed by atoms with van der Waals surface area (Å²) >= 11 is 0. The van der Waals surface area contributed by atoms with Crippen LogP contribution in [0, 0.1) is 0 Å². The first kappa shape index (κ1) is 22.7. The highest BCUT2D eigenvalue weighted by Gasteiger charge is 2.49. The van der Waals surface area contributed by atoms with Crippen LogP contribution in [0.15, 0.2) is 67.3 Å². The molecule has 0 spiro atoms. The first-order chi connectivity index (χ1) is 15.6. The second kappa shape index (κ2) is 8.47. The topological polar surface area (TPSA) is 96.0 Å². The summed E-state index contributed by atoms with van der Waals surface area (Å²) in [6, 6.07) is 11.4. The van der Waals surface area contributed by atoms with Crippen LogP contribution in [0.2, 0.25) is 0 Å². The number of rotatable bonds is 7. The first-order valence-electron chi connectivity index (χ1n) is 9.68. The molecule has 2 aromatic carbocycles. The van der Waals surface area contributed by atoms with Crippen molar-refractivity contribution in [2.75, 3.05) is 13.7 Å². The van der Waals surface area contributed by atoms with E-state index in [1.807, 2.05) is 30.3 Å². The Hall–Kier alpha value is -3.47. The fourth-order valence-corrected chi connectivity index (χ4v) is 4.64. The van der Waals surface area contributed by atoms with Gasteiger partial charge in [0.2, 0.25) is 5.75 Å². The zero-order valence-corrected chi connectivity index (χ0v) is 18.0. The molecule has 4 rings (SSSR count). The second-order valence-electron chi connectivity index (χ2n) is 7.05. The number of hydrogen-bond acceptors (Lipinski definition) is 7. The van der Waals surface area contributed by atoms with Crippen molar-refractivity contribution in [3.05, 3.63) is 64.5 Å². The van der Waals surface area contributed by atoms with Crippen molar-refractivity contribution >= 4 is 31.8 Å². The van der Waals surface area contributed by atoms with Gasteiger partial charge in [-0.15, -0.1) is 0 Å². The monoisotopic (exact) mass is 482 g/mol. The molecule has 33 heavy (non-hydrogen) atoms. The van der Waals surface area contributed by atoms with Gasteiger partial charge in [-0.2, -0.15) is 13.2 Å². The molecule has 0 bridgehead atoms. The number of benzene rings is 2. The van der Waals surface area contributed by atoms with Crippen LogP contribution < -0.4 is 14.9 Å². The summed E-state index contributed by atoms with van der Waals surface area (Å²) in [6.07, 6.45) is 2.24. The maximum absolute atomic E-state index is 13.4. The predicted molar refractivity (Wildman–Crippen MR) is 112 cm³/mol. The Morgan fingerprint density at radius 1 is 1.06 bits per heavy atom. The van der Waals surface area contributed by atoms with Gasteiger partial charge in [0.1, 0.15) is 4.90 Å². The van der Waals surface area contributed by atoms with E-state index in [1.54, 1.807) is 0 Å². The Morgan fingerprint density at radius 3 is 2.45 bits per heavy atom. The average Bonchev–Trinajstić information content (AvgIpc) is 3.24. The number of aryl methyl sites for hydroxylation is 1. The van der Waals surface area contributed by atoms with Crippen molar-refractivity contribution in [3.8, 4) is 11.7 Å². The van der Waals surface area contributed by atoms with Gasteiger partial charge in [0, 0.05) is 5.39 Å². The highest BCUT2D eigenvalue weighted by Crippen LogP contribution is 2.44. The number of methoxy groups -OCH3 is 1. The molecule has 0 radical (unpaired) electrons. The lowest BCUT2D eigenvalue weighted by molar-refractivity contribution is -0.0434. The average molecular weight is 482 g/mol. The van der Waals surface area contributed by atoms with Crippen molar-refractivity contribution in [2.45, 2.75) is 23.2 Å². The summed E-state index contributed by atoms with van der Waals surface area (Å²) in [5, 5.41) is -1.24. The highest BCUT2D eigenvalue weighted by atomic mass is 32.2. The normalized spacial score (nSPS) is 12.4. The van der Waals surface area contributed by atoms with Gasteiger partial charge in [-0.25, -0.2) is 8.42 Å². The van der Waals surface area contributed by atoms with Gasteiger partial charge in [-0.1, -0.05) is 30.3 Å². The van der Waals surface area contributed by atoms with Gasteiger partial charge in [0.15, 0.2) is 16.6 Å². The van der Waals surface area contributed by atoms with E-state index in [0.29, 0.717) is 12.8 Å². The van der Waals surface area contributed by atoms with Crippen LogP contribution in [-0.2, 0) is 16.3 Å². The van der Waals surface area contributed by atoms with Gasteiger partial charge in [-0.05, 0) is 24.5 Å². The smallest absolute Gasteiger partial charge is 0.490 e. The molecular weight excluding hydrogens is 465 g/mol. The zero-order valence-electron chi connectivity index (χ0n) is 17.1. The van der Waals surface area contributed by atoms with Gasteiger partial charge < -0.3 is 18.3 Å². The summed E-state index contributed by atoms with van der Waals surface area (Å²) in [5.41, 5.74) is -6.44. The van der Waals surface area contributed by atoms with E-state index in [-0.39, 0.29) is 23.9 Å². The van der Waals surface area contributed by atoms with Crippen molar-refractivity contribution in [3.63, 3.8) is 0 Å². The Kier molecular flexibility index (Phi) is 5.83. The van der Waals surface area contributed by atoms with Gasteiger partial charge in [0.25, 0.3) is 15.8 Å². The molecule has 0 fully saturated rings. The minimum atomic E-state index is -5.93. The van der Waals surface area contributed by atoms with E-state index in [4.69, 9.17) is 18.3 Å². The largest absolute Gasteiger partial charge is 0.501 e. The lowest BCUT2D eigenvalue weighted by Gasteiger charge is -2.14. The zero-order chi connectivity index (χ0) is 23.8. The van der Waals surface area contributed by atoms with E-state index in [9.17, 15) is 26.4 Å². The summed E-state index contributed by atoms with van der Waals surface area (Å²) in [4.78, 5) is 11.6. The van der Waals surface area contributed by atoms with E-state index in [1.165, 1.54) is 7.11 Å². The third kappa shape index (κ3) is 4.04.